The van der Waals surface area contributed by atoms with Crippen LogP contribution < -0.4 is 4.90 Å². The number of anilines is 1. The van der Waals surface area contributed by atoms with Gasteiger partial charge in [0.15, 0.2) is 6.29 Å². The molecule has 2 N–H and O–H groups in total. The molecule has 0 atom stereocenters. The van der Waals surface area contributed by atoms with Crippen LogP contribution in [0.15, 0.2) is 24.4 Å². The van der Waals surface area contributed by atoms with Crippen LogP contribution in [-0.4, -0.2) is 75.1 Å². The summed E-state index contributed by atoms with van der Waals surface area (Å²) in [6, 6.07) is 4.07. The van der Waals surface area contributed by atoms with Gasteiger partial charge < -0.3 is 20.0 Å². The van der Waals surface area contributed by atoms with E-state index in [0.717, 1.165) is 30.6 Å². The number of aliphatic hydroxyl groups excluding tert-OH is 1. The number of rotatable bonds is 4. The predicted octanol–water partition coefficient (Wildman–Crippen LogP) is 2.92. The van der Waals surface area contributed by atoms with Gasteiger partial charge in [-0.1, -0.05) is 17.7 Å². The minimum absolute atomic E-state index is 0.0472. The van der Waals surface area contributed by atoms with Crippen molar-refractivity contribution in [2.24, 2.45) is 0 Å². The molecule has 0 spiro atoms. The zero-order chi connectivity index (χ0) is 23.8. The molecule has 12 heteroatoms. The number of nitrogens with zero attached hydrogens (tertiary/aromatic N) is 5. The number of alkyl halides is 3. The highest BCUT2D eigenvalue weighted by Gasteiger charge is 2.35. The molecule has 2 saturated heterocycles. The molecule has 33 heavy (non-hydrogen) atoms. The summed E-state index contributed by atoms with van der Waals surface area (Å²) in [5.41, 5.74) is -0.0257. The summed E-state index contributed by atoms with van der Waals surface area (Å²) in [6.45, 7) is 3.04. The molecule has 8 nitrogen and oxygen atoms in total. The first-order valence-corrected chi connectivity index (χ1v) is 11.1. The third-order valence-corrected chi connectivity index (χ3v) is 6.33. The Hall–Kier alpha value is -2.34. The maximum atomic E-state index is 13.8. The van der Waals surface area contributed by atoms with E-state index in [2.05, 4.69) is 5.10 Å². The average molecular weight is 488 g/mol. The third-order valence-electron chi connectivity index (χ3n) is 6.04. The molecule has 0 saturated carbocycles. The number of benzene rings is 1. The van der Waals surface area contributed by atoms with Gasteiger partial charge in [0.05, 0.1) is 16.8 Å². The molecule has 2 aliphatic rings. The number of aliphatic hydroxyl groups is 2. The summed E-state index contributed by atoms with van der Waals surface area (Å²) in [5.74, 6) is 0. The Morgan fingerprint density at radius 2 is 1.76 bits per heavy atom. The molecule has 1 aromatic carbocycles. The van der Waals surface area contributed by atoms with Gasteiger partial charge in [-0.25, -0.2) is 4.79 Å². The molecule has 0 bridgehead atoms. The second-order valence-electron chi connectivity index (χ2n) is 8.26. The standard InChI is InChI=1S/C21H25ClF3N5O3/c22-17-13-30(26-18(17)19(31)32)20(33)29-9-7-27(8-10-29)12-14-3-4-15(28-5-1-2-6-28)11-16(14)21(23,24)25/h3-4,11,13,19,31-32H,1-2,5-10,12H2. The van der Waals surface area contributed by atoms with E-state index in [4.69, 9.17) is 11.6 Å². The lowest BCUT2D eigenvalue weighted by Gasteiger charge is -2.35. The second-order valence-corrected chi connectivity index (χ2v) is 8.67. The number of hydrogen-bond acceptors (Lipinski definition) is 6. The van der Waals surface area contributed by atoms with Crippen molar-refractivity contribution in [3.05, 3.63) is 46.2 Å². The minimum atomic E-state index is -4.45. The van der Waals surface area contributed by atoms with Crippen molar-refractivity contribution in [3.8, 4) is 0 Å². The van der Waals surface area contributed by atoms with E-state index in [9.17, 15) is 28.2 Å². The highest BCUT2D eigenvalue weighted by atomic mass is 35.5. The van der Waals surface area contributed by atoms with Crippen LogP contribution in [0.25, 0.3) is 0 Å². The Labute approximate surface area is 193 Å². The first-order chi connectivity index (χ1) is 15.6. The van der Waals surface area contributed by atoms with Gasteiger partial charge in [0.25, 0.3) is 0 Å². The number of halogens is 4. The molecule has 0 unspecified atom stereocenters. The van der Waals surface area contributed by atoms with Crippen LogP contribution in [0.1, 0.15) is 36.0 Å². The molecule has 2 fully saturated rings. The van der Waals surface area contributed by atoms with Gasteiger partial charge in [-0.05, 0) is 30.5 Å². The normalized spacial score (nSPS) is 17.9. The minimum Gasteiger partial charge on any atom is -0.372 e. The summed E-state index contributed by atoms with van der Waals surface area (Å²) in [7, 11) is 0. The Morgan fingerprint density at radius 1 is 1.09 bits per heavy atom. The number of carbonyl (C=O) groups is 1. The van der Waals surface area contributed by atoms with Crippen molar-refractivity contribution in [2.45, 2.75) is 31.9 Å². The zero-order valence-electron chi connectivity index (χ0n) is 17.8. The fraction of sp³-hybridized carbons (Fsp3) is 0.524. The highest BCUT2D eigenvalue weighted by molar-refractivity contribution is 6.31. The van der Waals surface area contributed by atoms with Crippen LogP contribution in [0.2, 0.25) is 5.02 Å². The number of piperazine rings is 1. The molecule has 4 rings (SSSR count). The molecule has 1 aromatic heterocycles. The van der Waals surface area contributed by atoms with E-state index in [1.807, 2.05) is 9.80 Å². The van der Waals surface area contributed by atoms with Gasteiger partial charge in [-0.2, -0.15) is 23.0 Å². The quantitative estimate of drug-likeness (QED) is 0.645. The van der Waals surface area contributed by atoms with Crippen LogP contribution in [0.3, 0.4) is 0 Å². The summed E-state index contributed by atoms with van der Waals surface area (Å²) < 4.78 is 42.2. The van der Waals surface area contributed by atoms with E-state index in [0.29, 0.717) is 31.9 Å². The number of hydrogen-bond donors (Lipinski definition) is 2. The van der Waals surface area contributed by atoms with Crippen LogP contribution in [-0.2, 0) is 12.7 Å². The molecular formula is C21H25ClF3N5O3. The first kappa shape index (κ1) is 23.8. The second kappa shape index (κ2) is 9.49. The topological polar surface area (TPSA) is 85.1 Å². The first-order valence-electron chi connectivity index (χ1n) is 10.7. The van der Waals surface area contributed by atoms with E-state index in [1.54, 1.807) is 12.1 Å². The van der Waals surface area contributed by atoms with Crippen molar-refractivity contribution in [3.63, 3.8) is 0 Å². The lowest BCUT2D eigenvalue weighted by Crippen LogP contribution is -2.49. The Bertz CT molecular complexity index is 1000. The van der Waals surface area contributed by atoms with Crippen LogP contribution in [0, 0.1) is 0 Å². The van der Waals surface area contributed by atoms with Gasteiger partial charge in [-0.15, -0.1) is 0 Å². The monoisotopic (exact) mass is 487 g/mol. The smallest absolute Gasteiger partial charge is 0.372 e. The van der Waals surface area contributed by atoms with Crippen LogP contribution in [0.5, 0.6) is 0 Å². The van der Waals surface area contributed by atoms with Gasteiger partial charge in [0.1, 0.15) is 5.69 Å². The summed E-state index contributed by atoms with van der Waals surface area (Å²) >= 11 is 5.86. The number of aromatic nitrogens is 2. The molecule has 3 heterocycles. The maximum absolute atomic E-state index is 13.8. The number of amides is 1. The Morgan fingerprint density at radius 3 is 2.33 bits per heavy atom. The van der Waals surface area contributed by atoms with Gasteiger partial charge in [0, 0.05) is 51.5 Å². The van der Waals surface area contributed by atoms with Gasteiger partial charge in [-0.3, -0.25) is 4.90 Å². The van der Waals surface area contributed by atoms with Crippen LogP contribution in [0.4, 0.5) is 23.7 Å². The summed E-state index contributed by atoms with van der Waals surface area (Å²) in [5, 5.41) is 22.2. The lowest BCUT2D eigenvalue weighted by molar-refractivity contribution is -0.138. The SMILES string of the molecule is O=C(N1CCN(Cc2ccc(N3CCCC3)cc2C(F)(F)F)CC1)n1cc(Cl)c(C(O)O)n1. The third kappa shape index (κ3) is 5.26. The molecule has 0 aliphatic carbocycles. The van der Waals surface area contributed by atoms with E-state index in [1.165, 1.54) is 17.2 Å². The molecule has 180 valence electrons. The fourth-order valence-electron chi connectivity index (χ4n) is 4.26. The van der Waals surface area contributed by atoms with Crippen molar-refractivity contribution < 1.29 is 28.2 Å². The molecule has 0 radical (unpaired) electrons. The van der Waals surface area contributed by atoms with E-state index >= 15 is 0 Å². The zero-order valence-corrected chi connectivity index (χ0v) is 18.6. The summed E-state index contributed by atoms with van der Waals surface area (Å²) in [4.78, 5) is 18.0. The predicted molar refractivity (Wildman–Crippen MR) is 115 cm³/mol. The average Bonchev–Trinajstić information content (AvgIpc) is 3.43. The highest BCUT2D eigenvalue weighted by Crippen LogP contribution is 2.36. The Balaban J connectivity index is 1.41. The Kier molecular flexibility index (Phi) is 6.85. The number of carbonyl (C=O) groups excluding carboxylic acids is 1. The van der Waals surface area contributed by atoms with Crippen molar-refractivity contribution in [1.29, 1.82) is 0 Å². The molecule has 2 aliphatic heterocycles. The van der Waals surface area contributed by atoms with Gasteiger partial charge >= 0.3 is 12.2 Å². The van der Waals surface area contributed by atoms with E-state index < -0.39 is 24.1 Å². The summed E-state index contributed by atoms with van der Waals surface area (Å²) in [6.07, 6.45) is -3.18. The van der Waals surface area contributed by atoms with Gasteiger partial charge in [0.2, 0.25) is 0 Å². The molecule has 1 amide bonds. The largest absolute Gasteiger partial charge is 0.416 e. The molecular weight excluding hydrogens is 463 g/mol. The molecule has 2 aromatic rings. The van der Waals surface area contributed by atoms with Crippen molar-refractivity contribution >= 4 is 23.3 Å². The lowest BCUT2D eigenvalue weighted by atomic mass is 10.0. The van der Waals surface area contributed by atoms with E-state index in [-0.39, 0.29) is 22.8 Å². The van der Waals surface area contributed by atoms with Crippen molar-refractivity contribution in [1.82, 2.24) is 19.6 Å². The van der Waals surface area contributed by atoms with Crippen LogP contribution >= 0.6 is 11.6 Å². The van der Waals surface area contributed by atoms with Crippen molar-refractivity contribution in [2.75, 3.05) is 44.2 Å². The maximum Gasteiger partial charge on any atom is 0.416 e. The fourth-order valence-corrected chi connectivity index (χ4v) is 4.49.